The highest BCUT2D eigenvalue weighted by molar-refractivity contribution is 5.83. The molecule has 2 nitrogen and oxygen atoms in total. The van der Waals surface area contributed by atoms with Crippen LogP contribution in [0.4, 0.5) is 0 Å². The third-order valence-electron chi connectivity index (χ3n) is 4.22. The molecule has 1 saturated heterocycles. The smallest absolute Gasteiger partial charge is 0.127 e. The molecule has 1 fully saturated rings. The van der Waals surface area contributed by atoms with Gasteiger partial charge in [0.15, 0.2) is 0 Å². The zero-order chi connectivity index (χ0) is 16.9. The fourth-order valence-corrected chi connectivity index (χ4v) is 2.80. The first kappa shape index (κ1) is 15.7. The summed E-state index contributed by atoms with van der Waals surface area (Å²) in [7, 11) is 0. The lowest BCUT2D eigenvalue weighted by Gasteiger charge is -2.13. The largest absolute Gasteiger partial charge is 0.490 e. The molecule has 1 unspecified atom stereocenters. The molecule has 0 amide bonds. The SMILES string of the molecule is C(=Cc1ccccc1-c1ccccc1OCC1CO1)c1ccccc1. The average Bonchev–Trinajstić information content (AvgIpc) is 3.51. The minimum absolute atomic E-state index is 0.251. The van der Waals surface area contributed by atoms with Crippen molar-refractivity contribution in [3.05, 3.63) is 90.0 Å². The fraction of sp³-hybridized carbons (Fsp3) is 0.130. The van der Waals surface area contributed by atoms with E-state index >= 15 is 0 Å². The van der Waals surface area contributed by atoms with E-state index in [0.717, 1.165) is 17.9 Å². The summed E-state index contributed by atoms with van der Waals surface area (Å²) in [6.07, 6.45) is 4.55. The molecule has 3 aromatic rings. The van der Waals surface area contributed by atoms with E-state index in [-0.39, 0.29) is 6.10 Å². The second kappa shape index (κ2) is 7.37. The quantitative estimate of drug-likeness (QED) is 0.452. The standard InChI is InChI=1S/C23H20O2/c1-2-8-18(9-3-1)14-15-19-10-4-5-11-21(19)22-12-6-7-13-23(22)25-17-20-16-24-20/h1-15,20H,16-17H2. The van der Waals surface area contributed by atoms with Crippen molar-refractivity contribution in [2.75, 3.05) is 13.2 Å². The molecule has 124 valence electrons. The van der Waals surface area contributed by atoms with Gasteiger partial charge in [0.05, 0.1) is 6.61 Å². The van der Waals surface area contributed by atoms with E-state index in [0.29, 0.717) is 6.61 Å². The molecular weight excluding hydrogens is 308 g/mol. The van der Waals surface area contributed by atoms with Crippen molar-refractivity contribution in [3.63, 3.8) is 0 Å². The molecule has 0 aromatic heterocycles. The lowest BCUT2D eigenvalue weighted by molar-refractivity contribution is 0.264. The van der Waals surface area contributed by atoms with Gasteiger partial charge in [0, 0.05) is 5.56 Å². The van der Waals surface area contributed by atoms with Crippen LogP contribution in [0, 0.1) is 0 Å². The van der Waals surface area contributed by atoms with E-state index in [9.17, 15) is 0 Å². The van der Waals surface area contributed by atoms with Crippen LogP contribution >= 0.6 is 0 Å². The van der Waals surface area contributed by atoms with Crippen molar-refractivity contribution in [2.24, 2.45) is 0 Å². The Morgan fingerprint density at radius 1 is 0.800 bits per heavy atom. The Bertz CT molecular complexity index is 864. The molecule has 25 heavy (non-hydrogen) atoms. The molecule has 3 aromatic carbocycles. The second-order valence-corrected chi connectivity index (χ2v) is 6.09. The Labute approximate surface area is 148 Å². The Hall–Kier alpha value is -2.84. The molecule has 0 bridgehead atoms. The van der Waals surface area contributed by atoms with Crippen LogP contribution in [0.2, 0.25) is 0 Å². The third-order valence-corrected chi connectivity index (χ3v) is 4.22. The molecule has 0 saturated carbocycles. The van der Waals surface area contributed by atoms with Crippen LogP contribution in [0.3, 0.4) is 0 Å². The highest BCUT2D eigenvalue weighted by Gasteiger charge is 2.23. The van der Waals surface area contributed by atoms with Crippen molar-refractivity contribution in [3.8, 4) is 16.9 Å². The van der Waals surface area contributed by atoms with Gasteiger partial charge in [-0.3, -0.25) is 0 Å². The zero-order valence-corrected chi connectivity index (χ0v) is 14.0. The fourth-order valence-electron chi connectivity index (χ4n) is 2.80. The van der Waals surface area contributed by atoms with Crippen LogP contribution < -0.4 is 4.74 Å². The van der Waals surface area contributed by atoms with E-state index < -0.39 is 0 Å². The lowest BCUT2D eigenvalue weighted by Crippen LogP contribution is -2.05. The lowest BCUT2D eigenvalue weighted by atomic mass is 9.98. The molecule has 0 N–H and O–H groups in total. The van der Waals surface area contributed by atoms with Crippen LogP contribution in [-0.2, 0) is 4.74 Å². The summed E-state index contributed by atoms with van der Waals surface area (Å²) in [5.41, 5.74) is 4.64. The van der Waals surface area contributed by atoms with Gasteiger partial charge in [-0.2, -0.15) is 0 Å². The molecule has 1 aliphatic rings. The number of hydrogen-bond donors (Lipinski definition) is 0. The average molecular weight is 328 g/mol. The summed E-state index contributed by atoms with van der Waals surface area (Å²) in [4.78, 5) is 0. The van der Waals surface area contributed by atoms with Crippen LogP contribution in [-0.4, -0.2) is 19.3 Å². The maximum atomic E-state index is 5.98. The second-order valence-electron chi connectivity index (χ2n) is 6.09. The number of rotatable bonds is 6. The van der Waals surface area contributed by atoms with Gasteiger partial charge in [-0.25, -0.2) is 0 Å². The highest BCUT2D eigenvalue weighted by Crippen LogP contribution is 2.33. The molecule has 1 heterocycles. The Kier molecular flexibility index (Phi) is 4.62. The van der Waals surface area contributed by atoms with Gasteiger partial charge in [0.25, 0.3) is 0 Å². The minimum Gasteiger partial charge on any atom is -0.490 e. The van der Waals surface area contributed by atoms with Crippen molar-refractivity contribution in [1.29, 1.82) is 0 Å². The van der Waals surface area contributed by atoms with E-state index in [1.54, 1.807) is 0 Å². The topological polar surface area (TPSA) is 21.8 Å². The van der Waals surface area contributed by atoms with Crippen LogP contribution in [0.15, 0.2) is 78.9 Å². The first-order chi connectivity index (χ1) is 12.4. The number of benzene rings is 3. The van der Waals surface area contributed by atoms with Crippen LogP contribution in [0.1, 0.15) is 11.1 Å². The number of hydrogen-bond acceptors (Lipinski definition) is 2. The zero-order valence-electron chi connectivity index (χ0n) is 14.0. The Morgan fingerprint density at radius 3 is 2.28 bits per heavy atom. The molecule has 4 rings (SSSR count). The maximum Gasteiger partial charge on any atom is 0.127 e. The molecular formula is C23H20O2. The minimum atomic E-state index is 0.251. The summed E-state index contributed by atoms with van der Waals surface area (Å²) in [5, 5.41) is 0. The van der Waals surface area contributed by atoms with E-state index in [1.165, 1.54) is 16.7 Å². The van der Waals surface area contributed by atoms with Gasteiger partial charge in [0.1, 0.15) is 18.5 Å². The van der Waals surface area contributed by atoms with Crippen molar-refractivity contribution >= 4 is 12.2 Å². The summed E-state index contributed by atoms with van der Waals surface area (Å²) >= 11 is 0. The van der Waals surface area contributed by atoms with Gasteiger partial charge in [-0.1, -0.05) is 84.9 Å². The monoisotopic (exact) mass is 328 g/mol. The predicted molar refractivity (Wildman–Crippen MR) is 102 cm³/mol. The molecule has 0 radical (unpaired) electrons. The van der Waals surface area contributed by atoms with Crippen molar-refractivity contribution < 1.29 is 9.47 Å². The van der Waals surface area contributed by atoms with Gasteiger partial charge < -0.3 is 9.47 Å². The summed E-state index contributed by atoms with van der Waals surface area (Å²) in [6.45, 7) is 1.41. The number of ether oxygens (including phenoxy) is 2. The van der Waals surface area contributed by atoms with Crippen LogP contribution in [0.5, 0.6) is 5.75 Å². The molecule has 0 aliphatic carbocycles. The van der Waals surface area contributed by atoms with Crippen molar-refractivity contribution in [2.45, 2.75) is 6.10 Å². The normalized spacial score (nSPS) is 16.1. The van der Waals surface area contributed by atoms with Gasteiger partial charge in [-0.05, 0) is 22.8 Å². The first-order valence-corrected chi connectivity index (χ1v) is 8.56. The first-order valence-electron chi connectivity index (χ1n) is 8.56. The number of para-hydroxylation sites is 1. The molecule has 0 spiro atoms. The molecule has 2 heteroatoms. The summed E-state index contributed by atoms with van der Waals surface area (Å²) in [6, 6.07) is 26.9. The molecule has 1 atom stereocenters. The predicted octanol–water partition coefficient (Wildman–Crippen LogP) is 5.30. The van der Waals surface area contributed by atoms with Gasteiger partial charge >= 0.3 is 0 Å². The summed E-state index contributed by atoms with van der Waals surface area (Å²) in [5.74, 6) is 0.901. The maximum absolute atomic E-state index is 5.98. The van der Waals surface area contributed by atoms with Gasteiger partial charge in [0.2, 0.25) is 0 Å². The molecule has 1 aliphatic heterocycles. The summed E-state index contributed by atoms with van der Waals surface area (Å²) < 4.78 is 11.2. The Balaban J connectivity index is 1.65. The van der Waals surface area contributed by atoms with Gasteiger partial charge in [-0.15, -0.1) is 0 Å². The van der Waals surface area contributed by atoms with E-state index in [4.69, 9.17) is 9.47 Å². The van der Waals surface area contributed by atoms with Crippen molar-refractivity contribution in [1.82, 2.24) is 0 Å². The highest BCUT2D eigenvalue weighted by atomic mass is 16.6. The number of epoxide rings is 1. The van der Waals surface area contributed by atoms with E-state index in [2.05, 4.69) is 66.7 Å². The Morgan fingerprint density at radius 2 is 1.48 bits per heavy atom. The van der Waals surface area contributed by atoms with E-state index in [1.807, 2.05) is 24.3 Å². The van der Waals surface area contributed by atoms with Crippen LogP contribution in [0.25, 0.3) is 23.3 Å². The third kappa shape index (κ3) is 3.98.